The van der Waals surface area contributed by atoms with Crippen molar-refractivity contribution in [3.63, 3.8) is 0 Å². The van der Waals surface area contributed by atoms with Crippen molar-refractivity contribution in [3.8, 4) is 11.3 Å². The van der Waals surface area contributed by atoms with Gasteiger partial charge in [-0.1, -0.05) is 104 Å². The molecule has 0 bridgehead atoms. The number of allylic oxidation sites excluding steroid dienone is 1. The van der Waals surface area contributed by atoms with E-state index in [0.717, 1.165) is 5.52 Å². The van der Waals surface area contributed by atoms with E-state index < -0.39 is 5.66 Å². The van der Waals surface area contributed by atoms with E-state index in [0.29, 0.717) is 5.92 Å². The number of aromatic nitrogens is 3. The first kappa shape index (κ1) is 36.1. The van der Waals surface area contributed by atoms with Gasteiger partial charge >= 0.3 is 0 Å². The van der Waals surface area contributed by atoms with Crippen LogP contribution < -0.4 is 4.57 Å². The van der Waals surface area contributed by atoms with Gasteiger partial charge in [0.25, 0.3) is 12.0 Å². The van der Waals surface area contributed by atoms with Crippen LogP contribution in [-0.4, -0.2) is 43.0 Å². The topological polar surface area (TPSA) is 27.9 Å². The Morgan fingerprint density at radius 1 is 0.709 bits per heavy atom. The Labute approximate surface area is 328 Å². The van der Waals surface area contributed by atoms with Crippen LogP contribution in [0.5, 0.6) is 0 Å². The van der Waals surface area contributed by atoms with Crippen LogP contribution in [0.25, 0.3) is 54.7 Å². The molecule has 3 atom stereocenters. The van der Waals surface area contributed by atoms with Crippen molar-refractivity contribution in [2.45, 2.75) is 136 Å². The number of hydrogen-bond donors (Lipinski definition) is 0. The predicted molar refractivity (Wildman–Crippen MR) is 231 cm³/mol. The molecule has 1 saturated carbocycles. The van der Waals surface area contributed by atoms with E-state index in [-0.39, 0.29) is 33.9 Å². The van der Waals surface area contributed by atoms with E-state index in [2.05, 4.69) is 202 Å². The van der Waals surface area contributed by atoms with Crippen LogP contribution in [-0.2, 0) is 28.8 Å². The van der Waals surface area contributed by atoms with Gasteiger partial charge in [-0.2, -0.15) is 0 Å². The maximum Gasteiger partial charge on any atom is 0.297 e. The minimum atomic E-state index is -0.399. The van der Waals surface area contributed by atoms with E-state index >= 15 is 0 Å². The zero-order chi connectivity index (χ0) is 39.5. The second-order valence-corrected chi connectivity index (χ2v) is 20.3. The lowest BCUT2D eigenvalue weighted by molar-refractivity contribution is -0.771. The Balaban J connectivity index is 1.53. The molecule has 1 fully saturated rings. The summed E-state index contributed by atoms with van der Waals surface area (Å²) in [6.45, 7) is 33.4. The number of hydrogen-bond acceptors (Lipinski definition) is 2. The van der Waals surface area contributed by atoms with Crippen LogP contribution in [0.3, 0.4) is 0 Å². The second-order valence-electron chi connectivity index (χ2n) is 20.3. The molecule has 4 heterocycles. The average molecular weight is 732 g/mol. The minimum absolute atomic E-state index is 0.0256. The quantitative estimate of drug-likeness (QED) is 0.170. The van der Waals surface area contributed by atoms with Crippen molar-refractivity contribution in [1.82, 2.24) is 14.5 Å². The summed E-state index contributed by atoms with van der Waals surface area (Å²) in [5, 5.41) is 6.58. The summed E-state index contributed by atoms with van der Waals surface area (Å²) >= 11 is 0. The number of benzene rings is 4. The van der Waals surface area contributed by atoms with Crippen LogP contribution in [0.4, 0.5) is 0 Å². The molecule has 0 saturated heterocycles. The smallest absolute Gasteiger partial charge is 0.297 e. The lowest BCUT2D eigenvalue weighted by Crippen LogP contribution is -2.63. The molecule has 3 unspecified atom stereocenters. The summed E-state index contributed by atoms with van der Waals surface area (Å²) in [7, 11) is 2.29. The minimum Gasteiger partial charge on any atom is -0.336 e. The molecule has 4 aromatic carbocycles. The van der Waals surface area contributed by atoms with Crippen molar-refractivity contribution >= 4 is 49.7 Å². The molecule has 3 aliphatic rings. The highest BCUT2D eigenvalue weighted by molar-refractivity contribution is 6.19. The van der Waals surface area contributed by atoms with Crippen molar-refractivity contribution < 1.29 is 9.14 Å². The predicted octanol–water partition coefficient (Wildman–Crippen LogP) is 11.0. The Morgan fingerprint density at radius 3 is 1.84 bits per heavy atom. The molecule has 55 heavy (non-hydrogen) atoms. The third kappa shape index (κ3) is 4.18. The monoisotopic (exact) mass is 731 g/mol. The molecular weight excluding hydrogens is 671 g/mol. The van der Waals surface area contributed by atoms with Gasteiger partial charge in [-0.3, -0.25) is 0 Å². The fraction of sp³-hybridized carbons (Fsp3) is 0.460. The van der Waals surface area contributed by atoms with Crippen molar-refractivity contribution in [3.05, 3.63) is 95.5 Å². The molecule has 0 amide bonds. The first-order chi connectivity index (χ1) is 25.7. The van der Waals surface area contributed by atoms with Crippen LogP contribution in [0.1, 0.15) is 114 Å². The van der Waals surface area contributed by atoms with Gasteiger partial charge in [-0.15, -0.1) is 0 Å². The summed E-state index contributed by atoms with van der Waals surface area (Å²) in [6, 6.07) is 23.9. The summed E-state index contributed by atoms with van der Waals surface area (Å²) in [5.41, 5.74) is 10.6. The maximum atomic E-state index is 5.57. The molecule has 6 aromatic rings. The fourth-order valence-corrected chi connectivity index (χ4v) is 11.6. The number of fused-ring (bicyclic) bond motifs is 16. The standard InChI is InChI=1S/C50H61N5/c1-29(2)32-26-53(30(3)4)50(54(27-32)31(5)6)48(13)41-35-22-18-16-20-33(35)39(46(7,8)9)24-37(41)44-45-42(51-28-55(44)49(48,50)14)38-25-40(47(10,11)12)34-21-17-19-23-36(34)43(38)52(45)15/h16-31H,1-15H3/q+2. The van der Waals surface area contributed by atoms with E-state index in [9.17, 15) is 0 Å². The molecule has 1 spiro atoms. The van der Waals surface area contributed by atoms with Gasteiger partial charge in [0.1, 0.15) is 17.0 Å². The Hall–Kier alpha value is -4.51. The molecule has 0 N–H and O–H groups in total. The van der Waals surface area contributed by atoms with Gasteiger partial charge < -0.3 is 9.47 Å². The second kappa shape index (κ2) is 11.1. The Morgan fingerprint density at radius 2 is 1.27 bits per heavy atom. The van der Waals surface area contributed by atoms with Gasteiger partial charge in [0.15, 0.2) is 11.9 Å². The van der Waals surface area contributed by atoms with Crippen LogP contribution in [0, 0.1) is 5.92 Å². The van der Waals surface area contributed by atoms with E-state index in [4.69, 9.17) is 4.98 Å². The van der Waals surface area contributed by atoms with E-state index in [1.165, 1.54) is 71.5 Å². The third-order valence-corrected chi connectivity index (χ3v) is 14.2. The highest BCUT2D eigenvalue weighted by atomic mass is 15.5. The maximum absolute atomic E-state index is 5.57. The summed E-state index contributed by atoms with van der Waals surface area (Å²) < 4.78 is 7.87. The van der Waals surface area contributed by atoms with Gasteiger partial charge in [-0.25, -0.2) is 9.14 Å². The summed E-state index contributed by atoms with van der Waals surface area (Å²) in [4.78, 5) is 8.32. The highest BCUT2D eigenvalue weighted by Gasteiger charge is 3.00. The number of rotatable bonds is 3. The normalized spacial score (nSPS) is 23.7. The lowest BCUT2D eigenvalue weighted by atomic mass is 9.75. The van der Waals surface area contributed by atoms with Crippen molar-refractivity contribution in [1.29, 1.82) is 0 Å². The Kier molecular flexibility index (Phi) is 7.28. The van der Waals surface area contributed by atoms with Crippen molar-refractivity contribution in [2.75, 3.05) is 0 Å². The molecular formula is C50H61N5+2. The first-order valence-corrected chi connectivity index (χ1v) is 20.7. The lowest BCUT2D eigenvalue weighted by Gasteiger charge is -2.39. The summed E-state index contributed by atoms with van der Waals surface area (Å²) in [5.74, 6) is 0.411. The number of aryl methyl sites for hydroxylation is 1. The third-order valence-electron chi connectivity index (χ3n) is 14.2. The summed E-state index contributed by atoms with van der Waals surface area (Å²) in [6.07, 6.45) is 7.25. The van der Waals surface area contributed by atoms with Gasteiger partial charge in [-0.05, 0) is 108 Å². The molecule has 9 rings (SSSR count). The van der Waals surface area contributed by atoms with Crippen LogP contribution >= 0.6 is 0 Å². The zero-order valence-electron chi connectivity index (χ0n) is 36.0. The van der Waals surface area contributed by atoms with Gasteiger partial charge in [0.2, 0.25) is 11.1 Å². The molecule has 1 aliphatic carbocycles. The molecule has 5 heteroatoms. The van der Waals surface area contributed by atoms with E-state index in [1.807, 2.05) is 0 Å². The Bertz CT molecular complexity index is 2710. The van der Waals surface area contributed by atoms with Crippen LogP contribution in [0.2, 0.25) is 0 Å². The molecule has 0 radical (unpaired) electrons. The highest BCUT2D eigenvalue weighted by Crippen LogP contribution is 2.76. The van der Waals surface area contributed by atoms with Crippen molar-refractivity contribution in [2.24, 2.45) is 13.0 Å². The zero-order valence-corrected chi connectivity index (χ0v) is 36.0. The van der Waals surface area contributed by atoms with Gasteiger partial charge in [0.05, 0.1) is 10.9 Å². The van der Waals surface area contributed by atoms with Crippen LogP contribution in [0.15, 0.2) is 78.8 Å². The first-order valence-electron chi connectivity index (χ1n) is 20.7. The van der Waals surface area contributed by atoms with E-state index in [1.54, 1.807) is 0 Å². The largest absolute Gasteiger partial charge is 0.336 e. The average Bonchev–Trinajstić information content (AvgIpc) is 3.39. The molecule has 5 nitrogen and oxygen atoms in total. The number of nitrogens with zero attached hydrogens (tertiary/aromatic N) is 5. The SMILES string of the molecule is CC(C)C1=CN(C(C)C)C2([N+](C(C)C)=C1)C1(C)c3c(cc(C(C)(C)C)c4ccccc34)-c3c4c(nc[n+]3C12C)c1cc(C(C)(C)C)c2ccccc2c1n4C. The molecule has 2 aromatic heterocycles. The fourth-order valence-electron chi connectivity index (χ4n) is 11.6. The molecule has 284 valence electrons. The molecule has 2 aliphatic heterocycles. The van der Waals surface area contributed by atoms with Gasteiger partial charge in [0, 0.05) is 35.8 Å².